The summed E-state index contributed by atoms with van der Waals surface area (Å²) in [4.78, 5) is 13.2. The van der Waals surface area contributed by atoms with Crippen LogP contribution >= 0.6 is 0 Å². The number of aromatic nitrogens is 5. The molecule has 0 spiro atoms. The van der Waals surface area contributed by atoms with Crippen LogP contribution in [0.1, 0.15) is 40.0 Å². The number of hydrogen-bond donors (Lipinski definition) is 2. The summed E-state index contributed by atoms with van der Waals surface area (Å²) in [6.07, 6.45) is 6.78. The fourth-order valence-corrected chi connectivity index (χ4v) is 2.07. The predicted molar refractivity (Wildman–Crippen MR) is 83.7 cm³/mol. The van der Waals surface area contributed by atoms with E-state index >= 15 is 0 Å². The molecule has 0 bridgehead atoms. The van der Waals surface area contributed by atoms with Crippen molar-refractivity contribution in [1.29, 1.82) is 0 Å². The fraction of sp³-hybridized carbons (Fsp3) is 0.571. The van der Waals surface area contributed by atoms with E-state index in [1.54, 1.807) is 10.9 Å². The van der Waals surface area contributed by atoms with Gasteiger partial charge in [0.1, 0.15) is 0 Å². The van der Waals surface area contributed by atoms with E-state index in [2.05, 4.69) is 44.5 Å². The Morgan fingerprint density at radius 2 is 1.95 bits per heavy atom. The van der Waals surface area contributed by atoms with Gasteiger partial charge in [0.05, 0.1) is 0 Å². The molecule has 0 amide bonds. The molecule has 7 nitrogen and oxygen atoms in total. The monoisotopic (exact) mass is 289 g/mol. The minimum absolute atomic E-state index is 0.373. The Hall–Kier alpha value is -2.18. The molecule has 21 heavy (non-hydrogen) atoms. The highest BCUT2D eigenvalue weighted by molar-refractivity contribution is 5.38. The molecule has 0 aliphatic carbocycles. The molecule has 0 aliphatic rings. The lowest BCUT2D eigenvalue weighted by Crippen LogP contribution is -2.21. The highest BCUT2D eigenvalue weighted by Gasteiger charge is 2.11. The molecule has 0 aromatic carbocycles. The third-order valence-corrected chi connectivity index (χ3v) is 3.13. The molecule has 0 saturated carbocycles. The first-order valence-corrected chi connectivity index (χ1v) is 7.53. The van der Waals surface area contributed by atoms with Crippen molar-refractivity contribution in [3.8, 4) is 5.95 Å². The number of nitrogens with zero attached hydrogens (tertiary/aromatic N) is 5. The summed E-state index contributed by atoms with van der Waals surface area (Å²) in [5.74, 6) is 1.67. The summed E-state index contributed by atoms with van der Waals surface area (Å²) in [5.41, 5.74) is 0. The summed E-state index contributed by atoms with van der Waals surface area (Å²) in [5, 5.41) is 10.7. The molecule has 7 heteroatoms. The van der Waals surface area contributed by atoms with Crippen LogP contribution in [-0.4, -0.2) is 37.3 Å². The first-order valence-electron chi connectivity index (χ1n) is 7.53. The molecule has 0 saturated heterocycles. The third kappa shape index (κ3) is 4.14. The van der Waals surface area contributed by atoms with Gasteiger partial charge in [0.2, 0.25) is 11.9 Å². The van der Waals surface area contributed by atoms with Gasteiger partial charge in [-0.2, -0.15) is 20.1 Å². The number of rotatable bonds is 8. The second-order valence-electron chi connectivity index (χ2n) is 4.80. The topological polar surface area (TPSA) is 80.5 Å². The standard InChI is InChI=1S/C14H23N7/c1-4-8-11(5-2)17-13-18-12(15-6-3)19-14(20-13)21-10-7-9-16-21/h7,9-11H,4-6,8H2,1-3H3,(H2,15,17,18,19,20). The van der Waals surface area contributed by atoms with E-state index in [9.17, 15) is 0 Å². The zero-order valence-corrected chi connectivity index (χ0v) is 12.9. The summed E-state index contributed by atoms with van der Waals surface area (Å²) >= 11 is 0. The third-order valence-electron chi connectivity index (χ3n) is 3.13. The van der Waals surface area contributed by atoms with E-state index in [-0.39, 0.29) is 0 Å². The van der Waals surface area contributed by atoms with Crippen molar-refractivity contribution in [3.05, 3.63) is 18.5 Å². The Morgan fingerprint density at radius 1 is 1.14 bits per heavy atom. The van der Waals surface area contributed by atoms with E-state index in [0.29, 0.717) is 23.9 Å². The molecule has 2 aromatic rings. The predicted octanol–water partition coefficient (Wildman–Crippen LogP) is 2.48. The second kappa shape index (κ2) is 7.56. The summed E-state index contributed by atoms with van der Waals surface area (Å²) in [6, 6.07) is 2.22. The van der Waals surface area contributed by atoms with Crippen molar-refractivity contribution in [1.82, 2.24) is 24.7 Å². The SMILES string of the molecule is CCCC(CC)Nc1nc(NCC)nc(-n2cccn2)n1. The molecule has 2 N–H and O–H groups in total. The summed E-state index contributed by atoms with van der Waals surface area (Å²) < 4.78 is 1.63. The van der Waals surface area contributed by atoms with Crippen LogP contribution in [0.4, 0.5) is 11.9 Å². The van der Waals surface area contributed by atoms with Crippen LogP contribution in [0.25, 0.3) is 5.95 Å². The molecule has 2 heterocycles. The Morgan fingerprint density at radius 3 is 2.57 bits per heavy atom. The van der Waals surface area contributed by atoms with Crippen LogP contribution in [0.2, 0.25) is 0 Å². The van der Waals surface area contributed by atoms with Crippen molar-refractivity contribution in [2.24, 2.45) is 0 Å². The normalized spacial score (nSPS) is 12.1. The van der Waals surface area contributed by atoms with Gasteiger partial charge in [-0.05, 0) is 25.8 Å². The lowest BCUT2D eigenvalue weighted by molar-refractivity contribution is 0.616. The minimum Gasteiger partial charge on any atom is -0.354 e. The van der Waals surface area contributed by atoms with Gasteiger partial charge in [-0.15, -0.1) is 0 Å². The van der Waals surface area contributed by atoms with Gasteiger partial charge in [0.15, 0.2) is 0 Å². The van der Waals surface area contributed by atoms with Crippen LogP contribution in [0, 0.1) is 0 Å². The molecule has 0 radical (unpaired) electrons. The van der Waals surface area contributed by atoms with Crippen molar-refractivity contribution in [2.75, 3.05) is 17.2 Å². The van der Waals surface area contributed by atoms with Crippen molar-refractivity contribution >= 4 is 11.9 Å². The maximum Gasteiger partial charge on any atom is 0.257 e. The molecule has 0 aliphatic heterocycles. The van der Waals surface area contributed by atoms with Gasteiger partial charge >= 0.3 is 0 Å². The van der Waals surface area contributed by atoms with Crippen molar-refractivity contribution in [3.63, 3.8) is 0 Å². The van der Waals surface area contributed by atoms with Gasteiger partial charge in [-0.3, -0.25) is 0 Å². The number of nitrogens with one attached hydrogen (secondary N) is 2. The van der Waals surface area contributed by atoms with E-state index < -0.39 is 0 Å². The molecule has 114 valence electrons. The Labute approximate surface area is 125 Å². The Balaban J connectivity index is 2.27. The van der Waals surface area contributed by atoms with Gasteiger partial charge < -0.3 is 10.6 Å². The highest BCUT2D eigenvalue weighted by Crippen LogP contribution is 2.12. The van der Waals surface area contributed by atoms with Gasteiger partial charge in [-0.1, -0.05) is 20.3 Å². The maximum atomic E-state index is 4.46. The maximum absolute atomic E-state index is 4.46. The van der Waals surface area contributed by atoms with Crippen LogP contribution in [0.3, 0.4) is 0 Å². The first-order chi connectivity index (χ1) is 10.3. The molecule has 0 fully saturated rings. The van der Waals surface area contributed by atoms with E-state index in [4.69, 9.17) is 0 Å². The average molecular weight is 289 g/mol. The smallest absolute Gasteiger partial charge is 0.257 e. The zero-order chi connectivity index (χ0) is 15.1. The first kappa shape index (κ1) is 15.2. The summed E-state index contributed by atoms with van der Waals surface area (Å²) in [7, 11) is 0. The van der Waals surface area contributed by atoms with Crippen LogP contribution in [-0.2, 0) is 0 Å². The van der Waals surface area contributed by atoms with E-state index in [1.165, 1.54) is 0 Å². The molecular formula is C14H23N7. The largest absolute Gasteiger partial charge is 0.354 e. The quantitative estimate of drug-likeness (QED) is 0.777. The van der Waals surface area contributed by atoms with Crippen molar-refractivity contribution < 1.29 is 0 Å². The lowest BCUT2D eigenvalue weighted by atomic mass is 10.1. The summed E-state index contributed by atoms with van der Waals surface area (Å²) in [6.45, 7) is 7.11. The van der Waals surface area contributed by atoms with Crippen LogP contribution < -0.4 is 10.6 Å². The molecule has 2 rings (SSSR count). The van der Waals surface area contributed by atoms with Gasteiger partial charge in [0.25, 0.3) is 5.95 Å². The zero-order valence-electron chi connectivity index (χ0n) is 12.9. The van der Waals surface area contributed by atoms with Crippen molar-refractivity contribution in [2.45, 2.75) is 46.1 Å². The minimum atomic E-state index is 0.373. The Bertz CT molecular complexity index is 538. The van der Waals surface area contributed by atoms with E-state index in [1.807, 2.05) is 19.2 Å². The highest BCUT2D eigenvalue weighted by atomic mass is 15.4. The fourth-order valence-electron chi connectivity index (χ4n) is 2.07. The molecular weight excluding hydrogens is 266 g/mol. The average Bonchev–Trinajstić information content (AvgIpc) is 3.01. The molecule has 1 atom stereocenters. The van der Waals surface area contributed by atoms with E-state index in [0.717, 1.165) is 25.8 Å². The van der Waals surface area contributed by atoms with Crippen LogP contribution in [0.5, 0.6) is 0 Å². The number of hydrogen-bond acceptors (Lipinski definition) is 6. The van der Waals surface area contributed by atoms with Gasteiger partial charge in [-0.25, -0.2) is 4.68 Å². The number of anilines is 2. The van der Waals surface area contributed by atoms with Crippen LogP contribution in [0.15, 0.2) is 18.5 Å². The van der Waals surface area contributed by atoms with Gasteiger partial charge in [0, 0.05) is 25.0 Å². The second-order valence-corrected chi connectivity index (χ2v) is 4.80. The molecule has 2 aromatic heterocycles. The lowest BCUT2D eigenvalue weighted by Gasteiger charge is -2.16. The Kier molecular flexibility index (Phi) is 5.48. The molecule has 1 unspecified atom stereocenters.